The van der Waals surface area contributed by atoms with Crippen molar-refractivity contribution >= 4 is 6.16 Å². The van der Waals surface area contributed by atoms with Crippen molar-refractivity contribution in [2.24, 2.45) is 46.3 Å². The fraction of sp³-hybridized carbons (Fsp3) is 0.906. The first kappa shape index (κ1) is 27.1. The predicted molar refractivity (Wildman–Crippen MR) is 144 cm³/mol. The minimum Gasteiger partial charge on any atom is -0.434 e. The number of hydrogen-bond acceptors (Lipinski definition) is 3. The van der Waals surface area contributed by atoms with E-state index in [9.17, 15) is 4.79 Å². The van der Waals surface area contributed by atoms with Crippen molar-refractivity contribution < 1.29 is 14.3 Å². The number of rotatable bonds is 9. The fourth-order valence-corrected chi connectivity index (χ4v) is 9.22. The molecular weight excluding hydrogens is 432 g/mol. The first-order valence-electron chi connectivity index (χ1n) is 15.2. The molecule has 3 saturated carbocycles. The van der Waals surface area contributed by atoms with E-state index in [-0.39, 0.29) is 6.10 Å². The molecule has 0 bridgehead atoms. The number of ether oxygens (including phenoxy) is 2. The van der Waals surface area contributed by atoms with Gasteiger partial charge in [0.05, 0.1) is 6.61 Å². The Hall–Kier alpha value is -0.990. The van der Waals surface area contributed by atoms with Crippen molar-refractivity contribution in [2.75, 3.05) is 6.61 Å². The highest BCUT2D eigenvalue weighted by atomic mass is 16.7. The van der Waals surface area contributed by atoms with E-state index >= 15 is 0 Å². The summed E-state index contributed by atoms with van der Waals surface area (Å²) in [5.74, 6) is 5.19. The monoisotopic (exact) mass is 486 g/mol. The number of fused-ring (bicyclic) bond motifs is 5. The molecule has 3 nitrogen and oxygen atoms in total. The van der Waals surface area contributed by atoms with Crippen LogP contribution in [-0.2, 0) is 9.47 Å². The predicted octanol–water partition coefficient (Wildman–Crippen LogP) is 9.35. The Morgan fingerprint density at radius 2 is 1.83 bits per heavy atom. The molecule has 3 fully saturated rings. The van der Waals surface area contributed by atoms with Crippen molar-refractivity contribution in [3.63, 3.8) is 0 Å². The molecule has 0 saturated heterocycles. The second-order valence-electron chi connectivity index (χ2n) is 13.7. The van der Waals surface area contributed by atoms with Gasteiger partial charge in [-0.3, -0.25) is 0 Å². The lowest BCUT2D eigenvalue weighted by Gasteiger charge is -2.58. The molecule has 0 aliphatic heterocycles. The standard InChI is InChI=1S/C32H54O3/c1-7-8-20-34-30(33)35-25-16-18-31(5)24(21-25)12-13-26-28-15-14-27(23(4)11-9-10-22(2)3)32(28,6)19-17-29(26)31/h12,22-23,25-29H,7-11,13-21H2,1-6H3/t23-,25-,26-,27+,28+,29-,31-,32+/m0/s1. The van der Waals surface area contributed by atoms with E-state index in [2.05, 4.69) is 47.6 Å². The Kier molecular flexibility index (Phi) is 8.64. The summed E-state index contributed by atoms with van der Waals surface area (Å²) < 4.78 is 11.0. The molecule has 0 amide bonds. The highest BCUT2D eigenvalue weighted by Gasteiger charge is 2.59. The molecule has 8 atom stereocenters. The quantitative estimate of drug-likeness (QED) is 0.185. The molecule has 0 radical (unpaired) electrons. The van der Waals surface area contributed by atoms with E-state index in [0.717, 1.165) is 67.6 Å². The van der Waals surface area contributed by atoms with E-state index in [1.165, 1.54) is 51.4 Å². The van der Waals surface area contributed by atoms with Crippen LogP contribution < -0.4 is 0 Å². The second kappa shape index (κ2) is 11.2. The van der Waals surface area contributed by atoms with Crippen LogP contribution in [0.25, 0.3) is 0 Å². The smallest absolute Gasteiger partial charge is 0.434 e. The summed E-state index contributed by atoms with van der Waals surface area (Å²) in [6.07, 6.45) is 18.3. The Bertz CT molecular complexity index is 756. The van der Waals surface area contributed by atoms with E-state index in [1.54, 1.807) is 5.57 Å². The van der Waals surface area contributed by atoms with Gasteiger partial charge >= 0.3 is 6.16 Å². The third-order valence-corrected chi connectivity index (χ3v) is 11.2. The van der Waals surface area contributed by atoms with Gasteiger partial charge in [0.1, 0.15) is 6.10 Å². The zero-order valence-electron chi connectivity index (χ0n) is 23.7. The lowest BCUT2D eigenvalue weighted by molar-refractivity contribution is -0.0617. The number of carbonyl (C=O) groups excluding carboxylic acids is 1. The van der Waals surface area contributed by atoms with Crippen LogP contribution >= 0.6 is 0 Å². The van der Waals surface area contributed by atoms with Gasteiger partial charge in [0.15, 0.2) is 0 Å². The summed E-state index contributed by atoms with van der Waals surface area (Å²) in [5, 5.41) is 0. The summed E-state index contributed by atoms with van der Waals surface area (Å²) in [7, 11) is 0. The van der Waals surface area contributed by atoms with Crippen molar-refractivity contribution in [1.82, 2.24) is 0 Å². The van der Waals surface area contributed by atoms with E-state index in [0.29, 0.717) is 17.4 Å². The van der Waals surface area contributed by atoms with Crippen molar-refractivity contribution in [1.29, 1.82) is 0 Å². The van der Waals surface area contributed by atoms with Gasteiger partial charge in [-0.25, -0.2) is 4.79 Å². The Balaban J connectivity index is 1.39. The number of carbonyl (C=O) groups is 1. The van der Waals surface area contributed by atoms with Crippen LogP contribution in [0.5, 0.6) is 0 Å². The van der Waals surface area contributed by atoms with Crippen LogP contribution in [-0.4, -0.2) is 18.9 Å². The number of allylic oxidation sites excluding steroid dienone is 1. The van der Waals surface area contributed by atoms with Gasteiger partial charge in [0, 0.05) is 6.42 Å². The Labute approximate surface area is 216 Å². The first-order chi connectivity index (χ1) is 16.7. The molecule has 4 rings (SSSR count). The lowest BCUT2D eigenvalue weighted by Crippen LogP contribution is -2.51. The van der Waals surface area contributed by atoms with E-state index < -0.39 is 6.16 Å². The third-order valence-electron chi connectivity index (χ3n) is 11.2. The average molecular weight is 487 g/mol. The van der Waals surface area contributed by atoms with Gasteiger partial charge in [0.2, 0.25) is 0 Å². The van der Waals surface area contributed by atoms with E-state index in [1.807, 2.05) is 0 Å². The summed E-state index contributed by atoms with van der Waals surface area (Å²) in [6.45, 7) is 15.1. The van der Waals surface area contributed by atoms with Crippen LogP contribution in [0.15, 0.2) is 11.6 Å². The molecule has 0 aromatic rings. The Morgan fingerprint density at radius 1 is 1.03 bits per heavy atom. The lowest BCUT2D eigenvalue weighted by atomic mass is 9.47. The zero-order chi connectivity index (χ0) is 25.2. The highest BCUT2D eigenvalue weighted by Crippen LogP contribution is 2.67. The van der Waals surface area contributed by atoms with Gasteiger partial charge < -0.3 is 9.47 Å². The zero-order valence-corrected chi connectivity index (χ0v) is 23.7. The summed E-state index contributed by atoms with van der Waals surface area (Å²) in [6, 6.07) is 0. The number of unbranched alkanes of at least 4 members (excludes halogenated alkanes) is 1. The minimum atomic E-state index is -0.464. The van der Waals surface area contributed by atoms with E-state index in [4.69, 9.17) is 9.47 Å². The first-order valence-corrected chi connectivity index (χ1v) is 15.2. The third kappa shape index (κ3) is 5.49. The molecule has 4 aliphatic carbocycles. The van der Waals surface area contributed by atoms with Crippen molar-refractivity contribution in [2.45, 2.75) is 131 Å². The summed E-state index contributed by atoms with van der Waals surface area (Å²) in [5.41, 5.74) is 2.43. The molecule has 0 heterocycles. The fourth-order valence-electron chi connectivity index (χ4n) is 9.22. The maximum absolute atomic E-state index is 12.1. The summed E-state index contributed by atoms with van der Waals surface area (Å²) >= 11 is 0. The molecule has 0 N–H and O–H groups in total. The highest BCUT2D eigenvalue weighted by molar-refractivity contribution is 5.60. The molecule has 3 heteroatoms. The van der Waals surface area contributed by atoms with Crippen molar-refractivity contribution in [3.8, 4) is 0 Å². The molecule has 35 heavy (non-hydrogen) atoms. The maximum Gasteiger partial charge on any atom is 0.508 e. The molecule has 0 spiro atoms. The number of hydrogen-bond donors (Lipinski definition) is 0. The second-order valence-corrected chi connectivity index (χ2v) is 13.7. The van der Waals surface area contributed by atoms with Crippen LogP contribution in [0.3, 0.4) is 0 Å². The normalized spacial score (nSPS) is 39.3. The molecule has 0 unspecified atom stereocenters. The van der Waals surface area contributed by atoms with Gasteiger partial charge in [-0.15, -0.1) is 0 Å². The summed E-state index contributed by atoms with van der Waals surface area (Å²) in [4.78, 5) is 12.1. The van der Waals surface area contributed by atoms with Gasteiger partial charge in [-0.2, -0.15) is 0 Å². The Morgan fingerprint density at radius 3 is 2.57 bits per heavy atom. The van der Waals surface area contributed by atoms with Crippen molar-refractivity contribution in [3.05, 3.63) is 11.6 Å². The van der Waals surface area contributed by atoms with Gasteiger partial charge in [-0.1, -0.05) is 78.9 Å². The van der Waals surface area contributed by atoms with Crippen LogP contribution in [0, 0.1) is 46.3 Å². The van der Waals surface area contributed by atoms with Gasteiger partial charge in [0.25, 0.3) is 0 Å². The minimum absolute atomic E-state index is 0.00333. The largest absolute Gasteiger partial charge is 0.508 e. The molecule has 200 valence electrons. The molecule has 0 aromatic carbocycles. The van der Waals surface area contributed by atoms with Crippen LogP contribution in [0.1, 0.15) is 125 Å². The van der Waals surface area contributed by atoms with Crippen LogP contribution in [0.4, 0.5) is 4.79 Å². The molecule has 4 aliphatic rings. The average Bonchev–Trinajstić information content (AvgIpc) is 3.16. The SMILES string of the molecule is CCCCOC(=O)O[C@H]1CC[C@@]2(C)C(=CC[C@H]3[C@H]4CC[C@H]([C@@H](C)CCCC(C)C)[C@@]4(C)CC[C@@H]32)C1. The van der Waals surface area contributed by atoms with Crippen LogP contribution in [0.2, 0.25) is 0 Å². The topological polar surface area (TPSA) is 35.5 Å². The maximum atomic E-state index is 12.1. The molecular formula is C32H54O3. The van der Waals surface area contributed by atoms with Gasteiger partial charge in [-0.05, 0) is 97.7 Å². The molecule has 0 aromatic heterocycles.